The molecule has 0 aromatic rings. The van der Waals surface area contributed by atoms with Gasteiger partial charge < -0.3 is 9.42 Å². The minimum atomic E-state index is -2.15. The van der Waals surface area contributed by atoms with Crippen molar-refractivity contribution in [3.05, 3.63) is 12.7 Å². The molecule has 0 aromatic heterocycles. The first kappa shape index (κ1) is 11.5. The molecular formula is C6H11O5P. The van der Waals surface area contributed by atoms with Gasteiger partial charge in [0.1, 0.15) is 0 Å². The van der Waals surface area contributed by atoms with E-state index in [1.165, 1.54) is 0 Å². The Balaban J connectivity index is 3.49. The maximum absolute atomic E-state index is 10.4. The number of carbonyl (C=O) groups excluding carboxylic acids is 1. The lowest BCUT2D eigenvalue weighted by molar-refractivity contribution is -0.212. The van der Waals surface area contributed by atoms with E-state index in [9.17, 15) is 4.79 Å². The van der Waals surface area contributed by atoms with Crippen LogP contribution in [0.5, 0.6) is 0 Å². The lowest BCUT2D eigenvalue weighted by Crippen LogP contribution is -2.03. The van der Waals surface area contributed by atoms with Crippen LogP contribution >= 0.6 is 8.60 Å². The maximum atomic E-state index is 10.4. The van der Waals surface area contributed by atoms with Crippen LogP contribution in [0.1, 0.15) is 13.8 Å². The molecule has 0 saturated heterocycles. The van der Waals surface area contributed by atoms with E-state index in [4.69, 9.17) is 9.42 Å². The molecule has 0 radical (unpaired) electrons. The summed E-state index contributed by atoms with van der Waals surface area (Å²) in [4.78, 5) is 23.3. The minimum absolute atomic E-state index is 0.191. The van der Waals surface area contributed by atoms with Crippen molar-refractivity contribution in [1.29, 1.82) is 0 Å². The second kappa shape index (κ2) is 6.08. The van der Waals surface area contributed by atoms with Crippen molar-refractivity contribution in [3.8, 4) is 0 Å². The van der Waals surface area contributed by atoms with E-state index in [-0.39, 0.29) is 6.10 Å². The molecule has 1 atom stereocenters. The zero-order valence-corrected chi connectivity index (χ0v) is 7.78. The van der Waals surface area contributed by atoms with Crippen LogP contribution in [-0.2, 0) is 18.9 Å². The second-order valence-electron chi connectivity index (χ2n) is 2.07. The summed E-state index contributed by atoms with van der Waals surface area (Å²) < 4.78 is 8.91. The molecular weight excluding hydrogens is 183 g/mol. The van der Waals surface area contributed by atoms with Gasteiger partial charge in [0.25, 0.3) is 0 Å². The first-order valence-electron chi connectivity index (χ1n) is 3.23. The number of hydrogen-bond donors (Lipinski definition) is 1. The van der Waals surface area contributed by atoms with Crippen LogP contribution in [0, 0.1) is 0 Å². The molecule has 0 spiro atoms. The topological polar surface area (TPSA) is 65.0 Å². The Morgan fingerprint density at radius 3 is 2.67 bits per heavy atom. The maximum Gasteiger partial charge on any atom is 0.373 e. The molecule has 5 nitrogen and oxygen atoms in total. The van der Waals surface area contributed by atoms with E-state index in [2.05, 4.69) is 16.1 Å². The van der Waals surface area contributed by atoms with E-state index >= 15 is 0 Å². The van der Waals surface area contributed by atoms with Crippen LogP contribution in [0.4, 0.5) is 0 Å². The zero-order valence-electron chi connectivity index (χ0n) is 6.89. The summed E-state index contributed by atoms with van der Waals surface area (Å²) in [5.74, 6) is -0.774. The van der Waals surface area contributed by atoms with Gasteiger partial charge in [-0.25, -0.2) is 4.79 Å². The Morgan fingerprint density at radius 1 is 1.67 bits per heavy atom. The molecule has 0 aromatic carbocycles. The molecule has 0 saturated carbocycles. The fraction of sp³-hybridized carbons (Fsp3) is 0.500. The monoisotopic (exact) mass is 194 g/mol. The predicted molar refractivity (Wildman–Crippen MR) is 42.7 cm³/mol. The van der Waals surface area contributed by atoms with Crippen molar-refractivity contribution in [2.45, 2.75) is 20.0 Å². The largest absolute Gasteiger partial charge is 0.373 e. The van der Waals surface area contributed by atoms with Crippen molar-refractivity contribution >= 4 is 14.6 Å². The highest BCUT2D eigenvalue weighted by Crippen LogP contribution is 2.34. The summed E-state index contributed by atoms with van der Waals surface area (Å²) >= 11 is 0. The summed E-state index contributed by atoms with van der Waals surface area (Å²) in [6.45, 7) is 6.55. The normalized spacial score (nSPS) is 12.7. The molecule has 70 valence electrons. The van der Waals surface area contributed by atoms with Crippen molar-refractivity contribution in [1.82, 2.24) is 0 Å². The Hall–Kier alpha value is -0.480. The van der Waals surface area contributed by atoms with Gasteiger partial charge in [-0.15, -0.1) is 4.67 Å². The van der Waals surface area contributed by atoms with Gasteiger partial charge in [0.2, 0.25) is 0 Å². The molecule has 0 amide bonds. The predicted octanol–water partition coefficient (Wildman–Crippen LogP) is 1.29. The highest BCUT2D eigenvalue weighted by atomic mass is 31.2. The average molecular weight is 194 g/mol. The Labute approximate surface area is 71.9 Å². The molecule has 1 N–H and O–H groups in total. The van der Waals surface area contributed by atoms with Crippen molar-refractivity contribution < 1.29 is 23.8 Å². The van der Waals surface area contributed by atoms with Gasteiger partial charge >= 0.3 is 14.6 Å². The fourth-order valence-electron chi connectivity index (χ4n) is 0.301. The third kappa shape index (κ3) is 6.24. The quantitative estimate of drug-likeness (QED) is 0.309. The molecule has 0 heterocycles. The molecule has 1 unspecified atom stereocenters. The van der Waals surface area contributed by atoms with E-state index in [1.807, 2.05) is 0 Å². The van der Waals surface area contributed by atoms with Crippen LogP contribution in [0.2, 0.25) is 0 Å². The van der Waals surface area contributed by atoms with E-state index in [0.717, 1.165) is 6.08 Å². The van der Waals surface area contributed by atoms with Crippen molar-refractivity contribution in [2.24, 2.45) is 0 Å². The molecule has 0 aliphatic rings. The Kier molecular flexibility index (Phi) is 5.84. The third-order valence-electron chi connectivity index (χ3n) is 0.651. The average Bonchev–Trinajstić information content (AvgIpc) is 1.99. The zero-order chi connectivity index (χ0) is 9.56. The van der Waals surface area contributed by atoms with E-state index < -0.39 is 14.6 Å². The SMILES string of the molecule is C=CC(=O)OOP(O)OC(C)C. The third-order valence-corrected chi connectivity index (χ3v) is 1.45. The van der Waals surface area contributed by atoms with Gasteiger partial charge in [-0.05, 0) is 13.8 Å². The number of hydrogen-bond acceptors (Lipinski definition) is 5. The molecule has 12 heavy (non-hydrogen) atoms. The minimum Gasteiger partial charge on any atom is -0.326 e. The summed E-state index contributed by atoms with van der Waals surface area (Å²) in [5.41, 5.74) is 0. The second-order valence-corrected chi connectivity index (χ2v) is 2.91. The van der Waals surface area contributed by atoms with Gasteiger partial charge in [0.05, 0.1) is 6.10 Å². The summed E-state index contributed by atoms with van der Waals surface area (Å²) in [6.07, 6.45) is 0.724. The van der Waals surface area contributed by atoms with Gasteiger partial charge in [-0.2, -0.15) is 0 Å². The lowest BCUT2D eigenvalue weighted by atomic mass is 10.5. The van der Waals surface area contributed by atoms with Crippen molar-refractivity contribution in [2.75, 3.05) is 0 Å². The smallest absolute Gasteiger partial charge is 0.326 e. The highest BCUT2D eigenvalue weighted by molar-refractivity contribution is 7.40. The van der Waals surface area contributed by atoms with Gasteiger partial charge in [0, 0.05) is 6.08 Å². The van der Waals surface area contributed by atoms with Crippen LogP contribution in [0.3, 0.4) is 0 Å². The number of rotatable bonds is 5. The standard InChI is InChI=1S/C6H11O5P/c1-4-6(7)9-11-12(8)10-5(2)3/h4-5,8H,1H2,2-3H3. The van der Waals surface area contributed by atoms with Gasteiger partial charge in [-0.3, -0.25) is 4.89 Å². The molecule has 0 rings (SSSR count). The molecule has 0 bridgehead atoms. The van der Waals surface area contributed by atoms with Gasteiger partial charge in [-0.1, -0.05) is 6.58 Å². The Morgan fingerprint density at radius 2 is 2.25 bits per heavy atom. The van der Waals surface area contributed by atoms with E-state index in [1.54, 1.807) is 13.8 Å². The van der Waals surface area contributed by atoms with Crippen LogP contribution in [-0.4, -0.2) is 17.0 Å². The van der Waals surface area contributed by atoms with Crippen LogP contribution in [0.15, 0.2) is 12.7 Å². The van der Waals surface area contributed by atoms with Crippen LogP contribution in [0.25, 0.3) is 0 Å². The highest BCUT2D eigenvalue weighted by Gasteiger charge is 2.12. The summed E-state index contributed by atoms with van der Waals surface area (Å²) in [6, 6.07) is 0. The Bertz CT molecular complexity index is 158. The molecule has 0 aliphatic carbocycles. The first-order chi connectivity index (χ1) is 5.56. The fourth-order valence-corrected chi connectivity index (χ4v) is 0.834. The summed E-state index contributed by atoms with van der Waals surface area (Å²) in [7, 11) is -2.15. The van der Waals surface area contributed by atoms with E-state index in [0.29, 0.717) is 0 Å². The molecule has 0 aliphatic heterocycles. The number of carbonyl (C=O) groups is 1. The van der Waals surface area contributed by atoms with Crippen molar-refractivity contribution in [3.63, 3.8) is 0 Å². The molecule has 0 fully saturated rings. The van der Waals surface area contributed by atoms with Gasteiger partial charge in [0.15, 0.2) is 0 Å². The molecule has 6 heteroatoms. The van der Waals surface area contributed by atoms with Crippen LogP contribution < -0.4 is 0 Å². The summed E-state index contributed by atoms with van der Waals surface area (Å²) in [5, 5.41) is 0. The lowest BCUT2D eigenvalue weighted by Gasteiger charge is -2.10. The first-order valence-corrected chi connectivity index (χ1v) is 4.36.